The zero-order valence-electron chi connectivity index (χ0n) is 12.3. The van der Waals surface area contributed by atoms with Crippen LogP contribution in [0.3, 0.4) is 0 Å². The number of carbonyl (C=O) groups is 1. The van der Waals surface area contributed by atoms with Crippen LogP contribution in [-0.2, 0) is 6.42 Å². The molecule has 0 saturated heterocycles. The Labute approximate surface area is 136 Å². The summed E-state index contributed by atoms with van der Waals surface area (Å²) in [5.74, 6) is -1.28. The predicted octanol–water partition coefficient (Wildman–Crippen LogP) is 3.37. The van der Waals surface area contributed by atoms with Gasteiger partial charge in [0.1, 0.15) is 23.7 Å². The van der Waals surface area contributed by atoms with Crippen LogP contribution in [0.25, 0.3) is 0 Å². The molecule has 0 N–H and O–H groups in total. The summed E-state index contributed by atoms with van der Waals surface area (Å²) in [6.45, 7) is 0. The molecule has 3 aromatic rings. The van der Waals surface area contributed by atoms with Crippen molar-refractivity contribution >= 4 is 5.78 Å². The molecule has 7 heteroatoms. The summed E-state index contributed by atoms with van der Waals surface area (Å²) in [6.07, 6.45) is 5.26. The normalized spacial score (nSPS) is 10.4. The molecule has 0 saturated carbocycles. The van der Waals surface area contributed by atoms with Crippen molar-refractivity contribution in [1.82, 2.24) is 15.0 Å². The van der Waals surface area contributed by atoms with Gasteiger partial charge in [0.15, 0.2) is 11.5 Å². The molecular formula is C17H11F2N3O2. The lowest BCUT2D eigenvalue weighted by atomic mass is 10.1. The number of Topliss-reactive ketones (excluding diaryl/α,β-unsaturated/α-hetero) is 1. The van der Waals surface area contributed by atoms with Gasteiger partial charge in [0.2, 0.25) is 0 Å². The zero-order valence-corrected chi connectivity index (χ0v) is 12.3. The van der Waals surface area contributed by atoms with Gasteiger partial charge in [0.25, 0.3) is 0 Å². The van der Waals surface area contributed by atoms with Crippen molar-refractivity contribution in [3.63, 3.8) is 0 Å². The van der Waals surface area contributed by atoms with Crippen LogP contribution >= 0.6 is 0 Å². The highest BCUT2D eigenvalue weighted by atomic mass is 19.1. The number of nitrogens with zero attached hydrogens (tertiary/aromatic N) is 3. The van der Waals surface area contributed by atoms with Crippen molar-refractivity contribution in [3.8, 4) is 11.5 Å². The highest BCUT2D eigenvalue weighted by Gasteiger charge is 2.14. The van der Waals surface area contributed by atoms with Gasteiger partial charge in [-0.15, -0.1) is 0 Å². The van der Waals surface area contributed by atoms with Gasteiger partial charge in [-0.3, -0.25) is 9.78 Å². The quantitative estimate of drug-likeness (QED) is 0.672. The molecule has 3 rings (SSSR count). The Hall–Kier alpha value is -3.22. The first-order chi connectivity index (χ1) is 11.6. The number of hydrogen-bond acceptors (Lipinski definition) is 5. The lowest BCUT2D eigenvalue weighted by molar-refractivity contribution is 0.0990. The topological polar surface area (TPSA) is 65.0 Å². The Bertz CT molecular complexity index is 873. The lowest BCUT2D eigenvalue weighted by Gasteiger charge is -2.07. The maximum Gasteiger partial charge on any atom is 0.169 e. The summed E-state index contributed by atoms with van der Waals surface area (Å²) in [5.41, 5.74) is 0.0672. The second-order valence-electron chi connectivity index (χ2n) is 4.88. The van der Waals surface area contributed by atoms with Gasteiger partial charge in [-0.2, -0.15) is 0 Å². The Balaban J connectivity index is 1.83. The van der Waals surface area contributed by atoms with Crippen molar-refractivity contribution in [2.24, 2.45) is 0 Å². The van der Waals surface area contributed by atoms with E-state index in [1.807, 2.05) is 0 Å². The Morgan fingerprint density at radius 2 is 1.88 bits per heavy atom. The van der Waals surface area contributed by atoms with Crippen molar-refractivity contribution in [3.05, 3.63) is 78.1 Å². The van der Waals surface area contributed by atoms with E-state index in [-0.39, 0.29) is 23.4 Å². The number of carbonyl (C=O) groups excluding carboxylic acids is 1. The molecular weight excluding hydrogens is 316 g/mol. The summed E-state index contributed by atoms with van der Waals surface area (Å²) in [7, 11) is 0. The monoisotopic (exact) mass is 327 g/mol. The molecule has 24 heavy (non-hydrogen) atoms. The van der Waals surface area contributed by atoms with E-state index in [4.69, 9.17) is 4.74 Å². The first kappa shape index (κ1) is 15.7. The van der Waals surface area contributed by atoms with Gasteiger partial charge in [-0.25, -0.2) is 18.7 Å². The van der Waals surface area contributed by atoms with E-state index in [0.29, 0.717) is 5.75 Å². The number of rotatable bonds is 5. The third-order valence-electron chi connectivity index (χ3n) is 3.13. The van der Waals surface area contributed by atoms with E-state index in [9.17, 15) is 13.6 Å². The minimum atomic E-state index is -0.644. The second-order valence-corrected chi connectivity index (χ2v) is 4.88. The van der Waals surface area contributed by atoms with E-state index in [1.54, 1.807) is 0 Å². The van der Waals surface area contributed by atoms with E-state index >= 15 is 0 Å². The van der Waals surface area contributed by atoms with E-state index in [1.165, 1.54) is 43.1 Å². The van der Waals surface area contributed by atoms with Gasteiger partial charge < -0.3 is 4.74 Å². The van der Waals surface area contributed by atoms with Crippen LogP contribution in [0.15, 0.2) is 55.2 Å². The van der Waals surface area contributed by atoms with Gasteiger partial charge in [-0.05, 0) is 24.3 Å². The Morgan fingerprint density at radius 1 is 1.08 bits per heavy atom. The van der Waals surface area contributed by atoms with Crippen LogP contribution in [0, 0.1) is 11.6 Å². The molecule has 0 aliphatic heterocycles. The first-order valence-corrected chi connectivity index (χ1v) is 6.98. The molecule has 0 aliphatic rings. The zero-order chi connectivity index (χ0) is 16.9. The molecule has 0 bridgehead atoms. The molecule has 0 atom stereocenters. The average molecular weight is 327 g/mol. The van der Waals surface area contributed by atoms with Crippen molar-refractivity contribution in [2.75, 3.05) is 0 Å². The van der Waals surface area contributed by atoms with E-state index < -0.39 is 17.4 Å². The largest absolute Gasteiger partial charge is 0.454 e. The van der Waals surface area contributed by atoms with Crippen LogP contribution in [0.5, 0.6) is 11.5 Å². The number of halogens is 2. The van der Waals surface area contributed by atoms with Crippen LogP contribution in [-0.4, -0.2) is 20.7 Å². The molecule has 0 fully saturated rings. The van der Waals surface area contributed by atoms with Crippen LogP contribution in [0.2, 0.25) is 0 Å². The molecule has 2 heterocycles. The molecule has 5 nitrogen and oxygen atoms in total. The van der Waals surface area contributed by atoms with E-state index in [2.05, 4.69) is 15.0 Å². The van der Waals surface area contributed by atoms with Gasteiger partial charge in [0, 0.05) is 17.8 Å². The fourth-order valence-electron chi connectivity index (χ4n) is 2.06. The highest BCUT2D eigenvalue weighted by Crippen LogP contribution is 2.23. The second kappa shape index (κ2) is 6.91. The van der Waals surface area contributed by atoms with Crippen LogP contribution in [0.1, 0.15) is 16.1 Å². The van der Waals surface area contributed by atoms with Crippen molar-refractivity contribution < 1.29 is 18.3 Å². The standard InChI is InChI=1S/C17H11F2N3O2/c18-12-4-11(17(23)7-16-15(19)2-1-3-22-16)5-13(6-12)24-14-8-20-10-21-9-14/h1-6,8-10H,7H2. The number of pyridine rings is 1. The summed E-state index contributed by atoms with van der Waals surface area (Å²) in [5, 5.41) is 0. The maximum absolute atomic E-state index is 13.8. The van der Waals surface area contributed by atoms with E-state index in [0.717, 1.165) is 12.1 Å². The Kier molecular flexibility index (Phi) is 4.51. The maximum atomic E-state index is 13.8. The predicted molar refractivity (Wildman–Crippen MR) is 80.7 cm³/mol. The van der Waals surface area contributed by atoms with Crippen LogP contribution in [0.4, 0.5) is 8.78 Å². The summed E-state index contributed by atoms with van der Waals surface area (Å²) < 4.78 is 32.8. The van der Waals surface area contributed by atoms with Crippen molar-refractivity contribution in [1.29, 1.82) is 0 Å². The third-order valence-corrected chi connectivity index (χ3v) is 3.13. The molecule has 0 radical (unpaired) electrons. The SMILES string of the molecule is O=C(Cc1ncccc1F)c1cc(F)cc(Oc2cncnc2)c1. The number of aromatic nitrogens is 3. The highest BCUT2D eigenvalue weighted by molar-refractivity contribution is 5.97. The summed E-state index contributed by atoms with van der Waals surface area (Å²) >= 11 is 0. The molecule has 0 spiro atoms. The number of hydrogen-bond donors (Lipinski definition) is 0. The van der Waals surface area contributed by atoms with Gasteiger partial charge in [0.05, 0.1) is 24.5 Å². The first-order valence-electron chi connectivity index (χ1n) is 6.98. The van der Waals surface area contributed by atoms with Gasteiger partial charge >= 0.3 is 0 Å². The summed E-state index contributed by atoms with van der Waals surface area (Å²) in [4.78, 5) is 23.6. The summed E-state index contributed by atoms with van der Waals surface area (Å²) in [6, 6.07) is 6.21. The number of ketones is 1. The smallest absolute Gasteiger partial charge is 0.169 e. The fourth-order valence-corrected chi connectivity index (χ4v) is 2.06. The van der Waals surface area contributed by atoms with Gasteiger partial charge in [-0.1, -0.05) is 0 Å². The number of benzene rings is 1. The Morgan fingerprint density at radius 3 is 2.62 bits per heavy atom. The molecule has 0 aliphatic carbocycles. The minimum absolute atomic E-state index is 0.00527. The van der Waals surface area contributed by atoms with Crippen molar-refractivity contribution in [2.45, 2.75) is 6.42 Å². The number of ether oxygens (including phenoxy) is 1. The minimum Gasteiger partial charge on any atom is -0.454 e. The molecule has 1 aromatic carbocycles. The molecule has 2 aromatic heterocycles. The lowest BCUT2D eigenvalue weighted by Crippen LogP contribution is -2.07. The van der Waals surface area contributed by atoms with Crippen LogP contribution < -0.4 is 4.74 Å². The average Bonchev–Trinajstić information content (AvgIpc) is 2.57. The molecule has 0 amide bonds. The fraction of sp³-hybridized carbons (Fsp3) is 0.0588. The molecule has 120 valence electrons. The molecule has 0 unspecified atom stereocenters. The third kappa shape index (κ3) is 3.75.